The van der Waals surface area contributed by atoms with Crippen molar-refractivity contribution in [3.63, 3.8) is 0 Å². The van der Waals surface area contributed by atoms with Crippen LogP contribution in [-0.4, -0.2) is 52.2 Å². The first-order valence-electron chi connectivity index (χ1n) is 13.2. The molecule has 6 nitrogen and oxygen atoms in total. The van der Waals surface area contributed by atoms with E-state index in [0.29, 0.717) is 17.7 Å². The van der Waals surface area contributed by atoms with Crippen LogP contribution in [0.4, 0.5) is 10.2 Å². The van der Waals surface area contributed by atoms with Gasteiger partial charge in [-0.2, -0.15) is 0 Å². The van der Waals surface area contributed by atoms with Crippen molar-refractivity contribution in [3.05, 3.63) is 77.7 Å². The summed E-state index contributed by atoms with van der Waals surface area (Å²) in [5, 5.41) is 9.45. The Bertz CT molecular complexity index is 1260. The Morgan fingerprint density at radius 2 is 1.92 bits per heavy atom. The number of hydrogen-bond acceptors (Lipinski definition) is 5. The summed E-state index contributed by atoms with van der Waals surface area (Å²) in [6.07, 6.45) is 2.87. The van der Waals surface area contributed by atoms with E-state index in [4.69, 9.17) is 9.72 Å². The molecule has 0 unspecified atom stereocenters. The van der Waals surface area contributed by atoms with Crippen molar-refractivity contribution in [3.8, 4) is 16.9 Å². The van der Waals surface area contributed by atoms with Gasteiger partial charge in [-0.25, -0.2) is 14.2 Å². The molecule has 2 heterocycles. The van der Waals surface area contributed by atoms with E-state index in [1.807, 2.05) is 43.5 Å². The first kappa shape index (κ1) is 27.6. The second-order valence-electron chi connectivity index (χ2n) is 11.2. The lowest BCUT2D eigenvalue weighted by atomic mass is 9.99. The molecule has 1 N–H and O–H groups in total. The molecule has 0 spiro atoms. The molecule has 0 bridgehead atoms. The molecule has 1 aliphatic heterocycles. The predicted octanol–water partition coefficient (Wildman–Crippen LogP) is 6.18. The molecular formula is C31H38FN3O3. The van der Waals surface area contributed by atoms with Crippen LogP contribution in [0.15, 0.2) is 60.8 Å². The molecule has 2 aromatic carbocycles. The average molecular weight is 520 g/mol. The van der Waals surface area contributed by atoms with Crippen LogP contribution in [0.1, 0.15) is 45.2 Å². The molecule has 202 valence electrons. The number of piperazine rings is 1. The number of benzene rings is 2. The van der Waals surface area contributed by atoms with E-state index in [-0.39, 0.29) is 5.82 Å². The average Bonchev–Trinajstić information content (AvgIpc) is 2.83. The van der Waals surface area contributed by atoms with Gasteiger partial charge in [0.1, 0.15) is 17.4 Å². The highest BCUT2D eigenvalue weighted by Crippen LogP contribution is 2.28. The molecule has 0 aliphatic carbocycles. The molecule has 0 amide bonds. The van der Waals surface area contributed by atoms with Gasteiger partial charge in [-0.3, -0.25) is 4.90 Å². The summed E-state index contributed by atoms with van der Waals surface area (Å²) in [5.41, 5.74) is 2.57. The summed E-state index contributed by atoms with van der Waals surface area (Å²) < 4.78 is 19.5. The van der Waals surface area contributed by atoms with Gasteiger partial charge in [0, 0.05) is 44.0 Å². The fourth-order valence-corrected chi connectivity index (χ4v) is 5.08. The fraction of sp³-hybridized carbons (Fsp3) is 0.419. The van der Waals surface area contributed by atoms with E-state index in [2.05, 4.69) is 29.7 Å². The summed E-state index contributed by atoms with van der Waals surface area (Å²) in [7, 11) is 0. The largest absolute Gasteiger partial charge is 0.478 e. The molecule has 1 aliphatic rings. The lowest BCUT2D eigenvalue weighted by Gasteiger charge is -2.43. The van der Waals surface area contributed by atoms with Gasteiger partial charge in [-0.15, -0.1) is 0 Å². The molecule has 4 rings (SSSR count). The predicted molar refractivity (Wildman–Crippen MR) is 149 cm³/mol. The topological polar surface area (TPSA) is 65.9 Å². The number of carboxylic acids is 1. The van der Waals surface area contributed by atoms with Crippen molar-refractivity contribution in [2.75, 3.05) is 24.5 Å². The van der Waals surface area contributed by atoms with Gasteiger partial charge in [-0.05, 0) is 86.2 Å². The Balaban J connectivity index is 1.48. The quantitative estimate of drug-likeness (QED) is 0.364. The summed E-state index contributed by atoms with van der Waals surface area (Å²) in [6.45, 7) is 13.0. The molecule has 1 aromatic heterocycles. The van der Waals surface area contributed by atoms with Crippen LogP contribution in [0.2, 0.25) is 0 Å². The highest BCUT2D eigenvalue weighted by atomic mass is 19.1. The van der Waals surface area contributed by atoms with Crippen molar-refractivity contribution in [1.29, 1.82) is 0 Å². The minimum Gasteiger partial charge on any atom is -0.478 e. The number of halogens is 1. The first-order valence-corrected chi connectivity index (χ1v) is 13.2. The lowest BCUT2D eigenvalue weighted by molar-refractivity contribution is -0.152. The summed E-state index contributed by atoms with van der Waals surface area (Å²) >= 11 is 0. The van der Waals surface area contributed by atoms with E-state index < -0.39 is 11.6 Å². The minimum absolute atomic E-state index is 0.252. The van der Waals surface area contributed by atoms with Crippen LogP contribution < -0.4 is 9.64 Å². The zero-order valence-corrected chi connectivity index (χ0v) is 22.9. The van der Waals surface area contributed by atoms with E-state index in [1.165, 1.54) is 12.1 Å². The summed E-state index contributed by atoms with van der Waals surface area (Å²) in [4.78, 5) is 21.1. The van der Waals surface area contributed by atoms with Crippen molar-refractivity contribution in [2.45, 2.75) is 59.2 Å². The van der Waals surface area contributed by atoms with Crippen LogP contribution in [0.25, 0.3) is 11.1 Å². The number of nitrogens with zero attached hydrogens (tertiary/aromatic N) is 3. The Hall–Kier alpha value is -3.45. The van der Waals surface area contributed by atoms with Crippen LogP contribution >= 0.6 is 0 Å². The number of anilines is 1. The monoisotopic (exact) mass is 519 g/mol. The van der Waals surface area contributed by atoms with Gasteiger partial charge < -0.3 is 14.7 Å². The third-order valence-corrected chi connectivity index (χ3v) is 6.92. The molecule has 1 atom stereocenters. The van der Waals surface area contributed by atoms with Crippen molar-refractivity contribution in [2.24, 2.45) is 5.92 Å². The number of hydrogen-bond donors (Lipinski definition) is 1. The molecule has 0 radical (unpaired) electrons. The number of carboxylic acid groups (broad SMARTS) is 1. The molecule has 7 heteroatoms. The minimum atomic E-state index is -1.30. The van der Waals surface area contributed by atoms with E-state index in [1.54, 1.807) is 19.9 Å². The molecule has 3 aromatic rings. The number of rotatable bonds is 9. The van der Waals surface area contributed by atoms with Gasteiger partial charge in [0.05, 0.1) is 0 Å². The smallest absolute Gasteiger partial charge is 0.347 e. The zero-order chi connectivity index (χ0) is 27.4. The van der Waals surface area contributed by atoms with E-state index in [9.17, 15) is 14.3 Å². The van der Waals surface area contributed by atoms with Gasteiger partial charge in [0.25, 0.3) is 0 Å². The standard InChI is InChI=1S/C31H38FN3O3/c1-21(2)13-27-20-34(19-23-14-22(3)15-28(16-23)38-31(4,5)30(36)37)11-12-35(27)29-10-9-25(18-33-29)24-7-6-8-26(32)17-24/h6-10,14-18,21,27H,11-13,19-20H2,1-5H3,(H,36,37)/t27-/m1/s1. The number of aliphatic carboxylic acids is 1. The highest BCUT2D eigenvalue weighted by molar-refractivity contribution is 5.76. The zero-order valence-electron chi connectivity index (χ0n) is 22.9. The third-order valence-electron chi connectivity index (χ3n) is 6.92. The third kappa shape index (κ3) is 6.90. The van der Waals surface area contributed by atoms with E-state index >= 15 is 0 Å². The maximum Gasteiger partial charge on any atom is 0.347 e. The van der Waals surface area contributed by atoms with Crippen LogP contribution in [0, 0.1) is 18.7 Å². The molecule has 1 fully saturated rings. The first-order chi connectivity index (χ1) is 18.0. The van der Waals surface area contributed by atoms with Gasteiger partial charge in [0.2, 0.25) is 0 Å². The molecular weight excluding hydrogens is 481 g/mol. The maximum absolute atomic E-state index is 13.7. The van der Waals surface area contributed by atoms with Gasteiger partial charge in [-0.1, -0.05) is 32.0 Å². The number of aromatic nitrogens is 1. The normalized spacial score (nSPS) is 16.6. The maximum atomic E-state index is 13.7. The lowest BCUT2D eigenvalue weighted by Crippen LogP contribution is -2.53. The Kier molecular flexibility index (Phi) is 8.36. The van der Waals surface area contributed by atoms with Crippen LogP contribution in [-0.2, 0) is 11.3 Å². The highest BCUT2D eigenvalue weighted by Gasteiger charge is 2.31. The number of pyridine rings is 1. The molecule has 38 heavy (non-hydrogen) atoms. The van der Waals surface area contributed by atoms with E-state index in [0.717, 1.165) is 60.7 Å². The van der Waals surface area contributed by atoms with Crippen LogP contribution in [0.3, 0.4) is 0 Å². The second-order valence-corrected chi connectivity index (χ2v) is 11.2. The SMILES string of the molecule is Cc1cc(CN2CCN(c3ccc(-c4cccc(F)c4)cn3)[C@H](CC(C)C)C2)cc(OC(C)(C)C(=O)O)c1. The second kappa shape index (κ2) is 11.5. The Morgan fingerprint density at radius 1 is 1.13 bits per heavy atom. The summed E-state index contributed by atoms with van der Waals surface area (Å²) in [6, 6.07) is 16.9. The number of carbonyl (C=O) groups is 1. The van der Waals surface area contributed by atoms with Gasteiger partial charge in [0.15, 0.2) is 5.60 Å². The number of ether oxygens (including phenoxy) is 1. The Morgan fingerprint density at radius 3 is 2.58 bits per heavy atom. The van der Waals surface area contributed by atoms with Crippen molar-refractivity contribution in [1.82, 2.24) is 9.88 Å². The van der Waals surface area contributed by atoms with Crippen molar-refractivity contribution >= 4 is 11.8 Å². The fourth-order valence-electron chi connectivity index (χ4n) is 5.08. The number of aryl methyl sites for hydroxylation is 1. The molecule has 1 saturated heterocycles. The van der Waals surface area contributed by atoms with Crippen LogP contribution in [0.5, 0.6) is 5.75 Å². The summed E-state index contributed by atoms with van der Waals surface area (Å²) in [5.74, 6) is 0.805. The Labute approximate surface area is 225 Å². The van der Waals surface area contributed by atoms with Crippen molar-refractivity contribution < 1.29 is 19.0 Å². The molecule has 0 saturated carbocycles. The van der Waals surface area contributed by atoms with Gasteiger partial charge >= 0.3 is 5.97 Å².